The van der Waals surface area contributed by atoms with Gasteiger partial charge in [0, 0.05) is 29.9 Å². The maximum Gasteiger partial charge on any atom is 0.252 e. The molecule has 5 nitrogen and oxygen atoms in total. The highest BCUT2D eigenvalue weighted by molar-refractivity contribution is 7.91. The Bertz CT molecular complexity index is 549. The van der Waals surface area contributed by atoms with E-state index in [2.05, 4.69) is 0 Å². The van der Waals surface area contributed by atoms with Gasteiger partial charge in [-0.25, -0.2) is 8.42 Å². The molecule has 18 heavy (non-hydrogen) atoms. The van der Waals surface area contributed by atoms with Crippen molar-refractivity contribution >= 4 is 27.3 Å². The lowest BCUT2D eigenvalue weighted by Crippen LogP contribution is -2.45. The van der Waals surface area contributed by atoms with Crippen molar-refractivity contribution in [2.75, 3.05) is 13.1 Å². The van der Waals surface area contributed by atoms with Gasteiger partial charge in [-0.15, -0.1) is 11.3 Å². The number of sulfonamides is 1. The molecule has 2 rings (SSSR count). The molecule has 0 amide bonds. The summed E-state index contributed by atoms with van der Waals surface area (Å²) >= 11 is 1.21. The minimum absolute atomic E-state index is 0.0155. The highest BCUT2D eigenvalue weighted by atomic mass is 32.2. The van der Waals surface area contributed by atoms with Gasteiger partial charge in [0.25, 0.3) is 10.0 Å². The van der Waals surface area contributed by atoms with Crippen LogP contribution >= 0.6 is 11.3 Å². The molecule has 0 aliphatic carbocycles. The standard InChI is InChI=1S/C11H15NO4S2/c1-8-4-5-10(17-8)18(15,16)12-6-2-3-9(7-12)11(13)14/h4-5,9H,2-3,6-7H2,1H3,(H,13,14)/p-1/t9-/m1/s1. The van der Waals surface area contributed by atoms with E-state index in [4.69, 9.17) is 0 Å². The Kier molecular flexibility index (Phi) is 3.74. The number of carbonyl (C=O) groups excluding carboxylic acids is 1. The average molecular weight is 288 g/mol. The summed E-state index contributed by atoms with van der Waals surface area (Å²) < 4.78 is 26.1. The minimum atomic E-state index is -3.55. The summed E-state index contributed by atoms with van der Waals surface area (Å²) in [6.07, 6.45) is 1.04. The molecule has 1 aromatic heterocycles. The summed E-state index contributed by atoms with van der Waals surface area (Å²) in [7, 11) is -3.55. The van der Waals surface area contributed by atoms with Crippen LogP contribution in [0.3, 0.4) is 0 Å². The van der Waals surface area contributed by atoms with Crippen molar-refractivity contribution in [2.45, 2.75) is 24.0 Å². The number of piperidine rings is 1. The van der Waals surface area contributed by atoms with Gasteiger partial charge in [-0.05, 0) is 31.9 Å². The van der Waals surface area contributed by atoms with Crippen LogP contribution in [0.4, 0.5) is 0 Å². The third kappa shape index (κ3) is 2.57. The molecular formula is C11H14NO4S2-. The number of aryl methyl sites for hydroxylation is 1. The molecule has 0 aromatic carbocycles. The maximum atomic E-state index is 12.3. The van der Waals surface area contributed by atoms with Gasteiger partial charge in [-0.3, -0.25) is 0 Å². The minimum Gasteiger partial charge on any atom is -0.550 e. The summed E-state index contributed by atoms with van der Waals surface area (Å²) in [4.78, 5) is 11.8. The van der Waals surface area contributed by atoms with Gasteiger partial charge in [-0.2, -0.15) is 4.31 Å². The van der Waals surface area contributed by atoms with E-state index in [9.17, 15) is 18.3 Å². The topological polar surface area (TPSA) is 77.5 Å². The number of aliphatic carboxylic acids is 1. The highest BCUT2D eigenvalue weighted by Crippen LogP contribution is 2.27. The molecule has 1 aliphatic rings. The molecule has 7 heteroatoms. The van der Waals surface area contributed by atoms with Crippen molar-refractivity contribution < 1.29 is 18.3 Å². The molecule has 2 heterocycles. The highest BCUT2D eigenvalue weighted by Gasteiger charge is 2.31. The summed E-state index contributed by atoms with van der Waals surface area (Å²) in [5, 5.41) is 10.8. The van der Waals surface area contributed by atoms with Crippen LogP contribution in [0.25, 0.3) is 0 Å². The fourth-order valence-electron chi connectivity index (χ4n) is 2.03. The first-order valence-electron chi connectivity index (χ1n) is 5.68. The van der Waals surface area contributed by atoms with E-state index < -0.39 is 21.9 Å². The summed E-state index contributed by atoms with van der Waals surface area (Å²) in [5.74, 6) is -1.87. The van der Waals surface area contributed by atoms with Crippen molar-refractivity contribution in [3.05, 3.63) is 17.0 Å². The lowest BCUT2D eigenvalue weighted by molar-refractivity contribution is -0.312. The molecule has 1 atom stereocenters. The first-order chi connectivity index (χ1) is 8.41. The number of carboxylic acids is 1. The van der Waals surface area contributed by atoms with E-state index in [1.807, 2.05) is 6.92 Å². The summed E-state index contributed by atoms with van der Waals surface area (Å²) in [6, 6.07) is 3.32. The Balaban J connectivity index is 2.22. The van der Waals surface area contributed by atoms with Crippen LogP contribution in [-0.4, -0.2) is 31.8 Å². The number of hydrogen-bond donors (Lipinski definition) is 0. The zero-order valence-corrected chi connectivity index (χ0v) is 11.6. The fourth-order valence-corrected chi connectivity index (χ4v) is 4.99. The van der Waals surface area contributed by atoms with Crippen molar-refractivity contribution in [1.29, 1.82) is 0 Å². The normalized spacial score (nSPS) is 21.9. The van der Waals surface area contributed by atoms with Gasteiger partial charge < -0.3 is 9.90 Å². The Morgan fingerprint density at radius 2 is 2.22 bits per heavy atom. The van der Waals surface area contributed by atoms with E-state index in [0.29, 0.717) is 19.4 Å². The maximum absolute atomic E-state index is 12.3. The average Bonchev–Trinajstić information content (AvgIpc) is 2.77. The Hall–Kier alpha value is -0.920. The van der Waals surface area contributed by atoms with E-state index in [1.165, 1.54) is 15.6 Å². The predicted octanol–water partition coefficient (Wildman–Crippen LogP) is 0.207. The molecule has 0 saturated carbocycles. The Labute approximate surface area is 110 Å². The Morgan fingerprint density at radius 1 is 1.50 bits per heavy atom. The van der Waals surface area contributed by atoms with Crippen LogP contribution in [0.1, 0.15) is 17.7 Å². The zero-order chi connectivity index (χ0) is 13.3. The quantitative estimate of drug-likeness (QED) is 0.796. The number of carboxylic acid groups (broad SMARTS) is 1. The second-order valence-corrected chi connectivity index (χ2v) is 7.84. The molecule has 1 fully saturated rings. The second-order valence-electron chi connectivity index (χ2n) is 4.39. The van der Waals surface area contributed by atoms with Crippen molar-refractivity contribution in [3.8, 4) is 0 Å². The zero-order valence-electron chi connectivity index (χ0n) is 9.96. The van der Waals surface area contributed by atoms with Gasteiger partial charge in [0.1, 0.15) is 4.21 Å². The van der Waals surface area contributed by atoms with Crippen LogP contribution in [0.5, 0.6) is 0 Å². The smallest absolute Gasteiger partial charge is 0.252 e. The molecule has 100 valence electrons. The predicted molar refractivity (Wildman–Crippen MR) is 65.5 cm³/mol. The van der Waals surface area contributed by atoms with Gasteiger partial charge >= 0.3 is 0 Å². The summed E-state index contributed by atoms with van der Waals surface area (Å²) in [6.45, 7) is 2.23. The van der Waals surface area contributed by atoms with Crippen LogP contribution in [0, 0.1) is 12.8 Å². The molecular weight excluding hydrogens is 274 g/mol. The third-order valence-electron chi connectivity index (χ3n) is 3.03. The van der Waals surface area contributed by atoms with E-state index in [0.717, 1.165) is 4.88 Å². The van der Waals surface area contributed by atoms with Crippen LogP contribution in [0.2, 0.25) is 0 Å². The summed E-state index contributed by atoms with van der Waals surface area (Å²) in [5.41, 5.74) is 0. The van der Waals surface area contributed by atoms with E-state index in [1.54, 1.807) is 12.1 Å². The van der Waals surface area contributed by atoms with Crippen LogP contribution in [-0.2, 0) is 14.8 Å². The number of rotatable bonds is 3. The van der Waals surface area contributed by atoms with Gasteiger partial charge in [0.05, 0.1) is 0 Å². The molecule has 0 spiro atoms. The van der Waals surface area contributed by atoms with Crippen LogP contribution in [0.15, 0.2) is 16.3 Å². The van der Waals surface area contributed by atoms with Crippen molar-refractivity contribution in [3.63, 3.8) is 0 Å². The van der Waals surface area contributed by atoms with Crippen LogP contribution < -0.4 is 5.11 Å². The fraction of sp³-hybridized carbons (Fsp3) is 0.545. The molecule has 1 aliphatic heterocycles. The number of thiophene rings is 1. The number of hydrogen-bond acceptors (Lipinski definition) is 5. The second kappa shape index (κ2) is 4.99. The largest absolute Gasteiger partial charge is 0.550 e. The molecule has 0 N–H and O–H groups in total. The molecule has 1 saturated heterocycles. The molecule has 0 bridgehead atoms. The molecule has 0 radical (unpaired) electrons. The monoisotopic (exact) mass is 288 g/mol. The van der Waals surface area contributed by atoms with Gasteiger partial charge in [0.15, 0.2) is 0 Å². The van der Waals surface area contributed by atoms with Crippen molar-refractivity contribution in [2.24, 2.45) is 5.92 Å². The Morgan fingerprint density at radius 3 is 2.78 bits per heavy atom. The SMILES string of the molecule is Cc1ccc(S(=O)(=O)N2CCC[C@@H](C(=O)[O-])C2)s1. The molecule has 1 aromatic rings. The first kappa shape index (κ1) is 13.5. The van der Waals surface area contributed by atoms with E-state index in [-0.39, 0.29) is 10.8 Å². The van der Waals surface area contributed by atoms with Crippen molar-refractivity contribution in [1.82, 2.24) is 4.31 Å². The third-order valence-corrected chi connectivity index (χ3v) is 6.36. The lowest BCUT2D eigenvalue weighted by Gasteiger charge is -2.31. The lowest BCUT2D eigenvalue weighted by atomic mass is 10.0. The van der Waals surface area contributed by atoms with E-state index >= 15 is 0 Å². The molecule has 0 unspecified atom stereocenters. The number of nitrogens with zero attached hydrogens (tertiary/aromatic N) is 1. The first-order valence-corrected chi connectivity index (χ1v) is 7.94. The van der Waals surface area contributed by atoms with Gasteiger partial charge in [0.2, 0.25) is 0 Å². The number of carbonyl (C=O) groups is 1. The van der Waals surface area contributed by atoms with Gasteiger partial charge in [-0.1, -0.05) is 0 Å².